The minimum absolute atomic E-state index is 0.104. The van der Waals surface area contributed by atoms with E-state index in [-0.39, 0.29) is 19.6 Å². The number of primary amides is 1. The highest BCUT2D eigenvalue weighted by atomic mass is 16.4. The summed E-state index contributed by atoms with van der Waals surface area (Å²) in [7, 11) is 0. The lowest BCUT2D eigenvalue weighted by Gasteiger charge is -2.16. The number of furan rings is 1. The molecule has 0 aliphatic heterocycles. The summed E-state index contributed by atoms with van der Waals surface area (Å²) in [6.45, 7) is -0.0983. The number of carbonyl (C=O) groups excluding carboxylic acids is 1. The summed E-state index contributed by atoms with van der Waals surface area (Å²) in [4.78, 5) is 22.6. The Hall–Kier alpha value is -1.82. The first kappa shape index (κ1) is 11.3. The number of hydrogen-bond donors (Lipinski definition) is 2. The summed E-state index contributed by atoms with van der Waals surface area (Å²) in [5, 5.41) is 8.60. The molecular formula is C9H12N2O4. The van der Waals surface area contributed by atoms with Crippen LogP contribution in [0, 0.1) is 0 Å². The smallest absolute Gasteiger partial charge is 0.317 e. The number of aliphatic carboxylic acids is 1. The van der Waals surface area contributed by atoms with E-state index in [0.717, 1.165) is 0 Å². The molecule has 0 bridgehead atoms. The summed E-state index contributed by atoms with van der Waals surface area (Å²) < 4.78 is 5.04. The number of carboxylic acids is 1. The highest BCUT2D eigenvalue weighted by Gasteiger charge is 2.13. The van der Waals surface area contributed by atoms with E-state index in [9.17, 15) is 9.59 Å². The number of carbonyl (C=O) groups is 2. The number of carboxylic acid groups (broad SMARTS) is 1. The summed E-state index contributed by atoms with van der Waals surface area (Å²) in [6.07, 6.45) is 1.48. The molecule has 0 aliphatic rings. The topological polar surface area (TPSA) is 96.8 Å². The molecule has 0 spiro atoms. The number of amides is 1. The molecule has 6 nitrogen and oxygen atoms in total. The van der Waals surface area contributed by atoms with Crippen LogP contribution in [0.15, 0.2) is 22.8 Å². The van der Waals surface area contributed by atoms with Crippen LogP contribution in [0.5, 0.6) is 0 Å². The zero-order valence-electron chi connectivity index (χ0n) is 8.05. The maximum atomic E-state index is 10.7. The van der Waals surface area contributed by atoms with Gasteiger partial charge < -0.3 is 15.3 Å². The normalized spacial score (nSPS) is 10.5. The molecule has 15 heavy (non-hydrogen) atoms. The Bertz CT molecular complexity index is 318. The SMILES string of the molecule is NC(=O)CN(CC(=O)O)Cc1ccco1. The van der Waals surface area contributed by atoms with E-state index < -0.39 is 11.9 Å². The second kappa shape index (κ2) is 5.16. The van der Waals surface area contributed by atoms with Crippen LogP contribution < -0.4 is 5.73 Å². The van der Waals surface area contributed by atoms with Crippen molar-refractivity contribution in [2.75, 3.05) is 13.1 Å². The summed E-state index contributed by atoms with van der Waals surface area (Å²) in [5.41, 5.74) is 4.99. The van der Waals surface area contributed by atoms with Gasteiger partial charge in [-0.05, 0) is 12.1 Å². The fraction of sp³-hybridized carbons (Fsp3) is 0.333. The lowest BCUT2D eigenvalue weighted by molar-refractivity contribution is -0.138. The highest BCUT2D eigenvalue weighted by Crippen LogP contribution is 2.04. The minimum atomic E-state index is -1.01. The van der Waals surface area contributed by atoms with Crippen molar-refractivity contribution in [1.82, 2.24) is 4.90 Å². The standard InChI is InChI=1S/C9H12N2O4/c10-8(12)5-11(6-9(13)14)4-7-2-1-3-15-7/h1-3H,4-6H2,(H2,10,12)(H,13,14). The van der Waals surface area contributed by atoms with Gasteiger partial charge in [0, 0.05) is 0 Å². The van der Waals surface area contributed by atoms with Crippen LogP contribution in [-0.4, -0.2) is 35.0 Å². The number of hydrogen-bond acceptors (Lipinski definition) is 4. The fourth-order valence-electron chi connectivity index (χ4n) is 1.20. The molecule has 1 amide bonds. The zero-order chi connectivity index (χ0) is 11.3. The molecular weight excluding hydrogens is 200 g/mol. The van der Waals surface area contributed by atoms with Crippen molar-refractivity contribution in [2.24, 2.45) is 5.73 Å². The predicted molar refractivity (Wildman–Crippen MR) is 50.8 cm³/mol. The predicted octanol–water partition coefficient (Wildman–Crippen LogP) is -0.348. The van der Waals surface area contributed by atoms with Crippen LogP contribution in [0.2, 0.25) is 0 Å². The highest BCUT2D eigenvalue weighted by molar-refractivity contribution is 5.77. The van der Waals surface area contributed by atoms with Crippen molar-refractivity contribution in [1.29, 1.82) is 0 Å². The monoisotopic (exact) mass is 212 g/mol. The molecule has 82 valence electrons. The maximum Gasteiger partial charge on any atom is 0.317 e. The van der Waals surface area contributed by atoms with Crippen molar-refractivity contribution < 1.29 is 19.1 Å². The van der Waals surface area contributed by atoms with E-state index in [1.165, 1.54) is 11.2 Å². The average Bonchev–Trinajstić information content (AvgIpc) is 2.53. The van der Waals surface area contributed by atoms with Gasteiger partial charge in [0.2, 0.25) is 5.91 Å². The molecule has 0 saturated carbocycles. The third-order valence-electron chi connectivity index (χ3n) is 1.70. The summed E-state index contributed by atoms with van der Waals surface area (Å²) in [5.74, 6) is -0.983. The number of nitrogens with two attached hydrogens (primary N) is 1. The lowest BCUT2D eigenvalue weighted by Crippen LogP contribution is -2.36. The van der Waals surface area contributed by atoms with E-state index >= 15 is 0 Å². The van der Waals surface area contributed by atoms with E-state index in [0.29, 0.717) is 5.76 Å². The molecule has 0 atom stereocenters. The molecule has 3 N–H and O–H groups in total. The Morgan fingerprint density at radius 3 is 2.67 bits per heavy atom. The molecule has 1 rings (SSSR count). The Labute approximate surface area is 86.3 Å². The third-order valence-corrected chi connectivity index (χ3v) is 1.70. The van der Waals surface area contributed by atoms with Crippen LogP contribution in [0.3, 0.4) is 0 Å². The molecule has 0 unspecified atom stereocenters. The van der Waals surface area contributed by atoms with E-state index in [1.54, 1.807) is 12.1 Å². The second-order valence-corrected chi connectivity index (χ2v) is 3.08. The largest absolute Gasteiger partial charge is 0.480 e. The maximum absolute atomic E-state index is 10.7. The first-order valence-corrected chi connectivity index (χ1v) is 4.33. The van der Waals surface area contributed by atoms with Crippen LogP contribution in [0.4, 0.5) is 0 Å². The Kier molecular flexibility index (Phi) is 3.87. The van der Waals surface area contributed by atoms with Crippen LogP contribution in [0.1, 0.15) is 5.76 Å². The van der Waals surface area contributed by atoms with Gasteiger partial charge in [0.05, 0.1) is 25.9 Å². The van der Waals surface area contributed by atoms with Gasteiger partial charge in [-0.25, -0.2) is 0 Å². The average molecular weight is 212 g/mol. The molecule has 1 aromatic heterocycles. The molecule has 0 radical (unpaired) electrons. The Balaban J connectivity index is 2.55. The molecule has 0 aliphatic carbocycles. The number of nitrogens with zero attached hydrogens (tertiary/aromatic N) is 1. The van der Waals surface area contributed by atoms with E-state index in [1.807, 2.05) is 0 Å². The quantitative estimate of drug-likeness (QED) is 0.671. The molecule has 0 saturated heterocycles. The zero-order valence-corrected chi connectivity index (χ0v) is 8.05. The van der Waals surface area contributed by atoms with E-state index in [4.69, 9.17) is 15.3 Å². The summed E-state index contributed by atoms with van der Waals surface area (Å²) in [6, 6.07) is 3.40. The van der Waals surface area contributed by atoms with Crippen molar-refractivity contribution in [3.05, 3.63) is 24.2 Å². The lowest BCUT2D eigenvalue weighted by atomic mass is 10.3. The number of rotatable bonds is 6. The molecule has 6 heteroatoms. The Morgan fingerprint density at radius 2 is 2.20 bits per heavy atom. The molecule has 1 heterocycles. The van der Waals surface area contributed by atoms with Gasteiger partial charge in [-0.2, -0.15) is 0 Å². The third kappa shape index (κ3) is 4.28. The summed E-state index contributed by atoms with van der Waals surface area (Å²) >= 11 is 0. The van der Waals surface area contributed by atoms with Crippen molar-refractivity contribution in [2.45, 2.75) is 6.54 Å². The van der Waals surface area contributed by atoms with Gasteiger partial charge in [-0.15, -0.1) is 0 Å². The van der Waals surface area contributed by atoms with Crippen molar-refractivity contribution in [3.8, 4) is 0 Å². The van der Waals surface area contributed by atoms with Crippen LogP contribution in [-0.2, 0) is 16.1 Å². The Morgan fingerprint density at radius 1 is 1.47 bits per heavy atom. The minimum Gasteiger partial charge on any atom is -0.480 e. The van der Waals surface area contributed by atoms with Crippen LogP contribution in [0.25, 0.3) is 0 Å². The molecule has 0 fully saturated rings. The van der Waals surface area contributed by atoms with Gasteiger partial charge in [-0.1, -0.05) is 0 Å². The first-order chi connectivity index (χ1) is 7.08. The second-order valence-electron chi connectivity index (χ2n) is 3.08. The van der Waals surface area contributed by atoms with Crippen LogP contribution >= 0.6 is 0 Å². The first-order valence-electron chi connectivity index (χ1n) is 4.33. The van der Waals surface area contributed by atoms with Gasteiger partial charge in [0.1, 0.15) is 5.76 Å². The fourth-order valence-corrected chi connectivity index (χ4v) is 1.20. The van der Waals surface area contributed by atoms with Crippen molar-refractivity contribution >= 4 is 11.9 Å². The van der Waals surface area contributed by atoms with Gasteiger partial charge >= 0.3 is 5.97 Å². The van der Waals surface area contributed by atoms with Gasteiger partial charge in [-0.3, -0.25) is 14.5 Å². The van der Waals surface area contributed by atoms with Crippen molar-refractivity contribution in [3.63, 3.8) is 0 Å². The molecule has 1 aromatic rings. The van der Waals surface area contributed by atoms with Gasteiger partial charge in [0.15, 0.2) is 0 Å². The van der Waals surface area contributed by atoms with E-state index in [2.05, 4.69) is 0 Å². The molecule has 0 aromatic carbocycles. The van der Waals surface area contributed by atoms with Gasteiger partial charge in [0.25, 0.3) is 0 Å².